The quantitative estimate of drug-likeness (QED) is 0.935. The molecule has 1 N–H and O–H groups in total. The van der Waals surface area contributed by atoms with E-state index >= 15 is 0 Å². The van der Waals surface area contributed by atoms with Crippen molar-refractivity contribution in [1.82, 2.24) is 10.2 Å². The van der Waals surface area contributed by atoms with Crippen LogP contribution in [0.4, 0.5) is 11.7 Å². The maximum absolute atomic E-state index is 12.2. The first kappa shape index (κ1) is 16.2. The Morgan fingerprint density at radius 3 is 2.62 bits per heavy atom. The number of amides is 2. The maximum Gasteiger partial charge on any atom is 0.322 e. The van der Waals surface area contributed by atoms with Gasteiger partial charge in [-0.2, -0.15) is 0 Å². The van der Waals surface area contributed by atoms with Gasteiger partial charge in [0.25, 0.3) is 0 Å². The molecule has 126 valence electrons. The number of carbonyl (C=O) groups is 2. The summed E-state index contributed by atoms with van der Waals surface area (Å²) in [7, 11) is 0. The molecule has 1 saturated heterocycles. The first-order valence-corrected chi connectivity index (χ1v) is 7.85. The molecule has 2 heterocycles. The summed E-state index contributed by atoms with van der Waals surface area (Å²) in [5.41, 5.74) is 0.299. The van der Waals surface area contributed by atoms with E-state index in [-0.39, 0.29) is 23.7 Å². The van der Waals surface area contributed by atoms with Crippen LogP contribution in [0.2, 0.25) is 0 Å². The van der Waals surface area contributed by atoms with Gasteiger partial charge >= 0.3 is 6.01 Å². The van der Waals surface area contributed by atoms with E-state index in [4.69, 9.17) is 4.42 Å². The molecule has 0 bridgehead atoms. The third-order valence-electron chi connectivity index (χ3n) is 3.88. The molecule has 1 unspecified atom stereocenters. The topological polar surface area (TPSA) is 88.3 Å². The van der Waals surface area contributed by atoms with Gasteiger partial charge in [-0.15, -0.1) is 5.10 Å². The van der Waals surface area contributed by atoms with Gasteiger partial charge in [0.1, 0.15) is 0 Å². The van der Waals surface area contributed by atoms with Gasteiger partial charge in [-0.3, -0.25) is 14.9 Å². The van der Waals surface area contributed by atoms with Crippen LogP contribution in [0.3, 0.4) is 0 Å². The van der Waals surface area contributed by atoms with E-state index in [2.05, 4.69) is 15.5 Å². The van der Waals surface area contributed by atoms with Crippen molar-refractivity contribution in [3.63, 3.8) is 0 Å². The van der Waals surface area contributed by atoms with Gasteiger partial charge in [0.15, 0.2) is 0 Å². The molecule has 3 rings (SSSR count). The molecule has 7 nitrogen and oxygen atoms in total. The second-order valence-corrected chi connectivity index (χ2v) is 6.89. The predicted octanol–water partition coefficient (Wildman–Crippen LogP) is 2.57. The fourth-order valence-electron chi connectivity index (χ4n) is 2.47. The number of anilines is 2. The number of para-hydroxylation sites is 1. The Hall–Kier alpha value is -2.70. The summed E-state index contributed by atoms with van der Waals surface area (Å²) in [6.45, 7) is 5.88. The van der Waals surface area contributed by atoms with Crippen molar-refractivity contribution in [1.29, 1.82) is 0 Å². The fourth-order valence-corrected chi connectivity index (χ4v) is 2.47. The molecule has 1 aliphatic rings. The minimum absolute atomic E-state index is 0.0182. The molecule has 1 aromatic carbocycles. The minimum atomic E-state index is -0.554. The number of benzene rings is 1. The SMILES string of the molecule is CC(C)(C)C(=O)Nc1nnc(C2CC(=O)N(c3ccccc3)C2)o1. The Bertz CT molecular complexity index is 749. The molecule has 1 atom stereocenters. The summed E-state index contributed by atoms with van der Waals surface area (Å²) in [4.78, 5) is 25.9. The van der Waals surface area contributed by atoms with E-state index < -0.39 is 5.41 Å². The first-order valence-electron chi connectivity index (χ1n) is 7.85. The lowest BCUT2D eigenvalue weighted by Gasteiger charge is -2.16. The molecule has 7 heteroatoms. The van der Waals surface area contributed by atoms with Crippen LogP contribution in [0.25, 0.3) is 0 Å². The van der Waals surface area contributed by atoms with E-state index in [1.54, 1.807) is 25.7 Å². The zero-order chi connectivity index (χ0) is 17.3. The van der Waals surface area contributed by atoms with Crippen LogP contribution < -0.4 is 10.2 Å². The van der Waals surface area contributed by atoms with Crippen molar-refractivity contribution in [2.75, 3.05) is 16.8 Å². The standard InChI is InChI=1S/C17H20N4O3/c1-17(2,3)15(23)18-16-20-19-14(24-16)11-9-13(22)21(10-11)12-7-5-4-6-8-12/h4-8,11H,9-10H2,1-3H3,(H,18,20,23). The average Bonchev–Trinajstić information content (AvgIpc) is 3.14. The summed E-state index contributed by atoms with van der Waals surface area (Å²) < 4.78 is 5.53. The number of nitrogens with zero attached hydrogens (tertiary/aromatic N) is 3. The van der Waals surface area contributed by atoms with Crippen molar-refractivity contribution in [3.8, 4) is 0 Å². The summed E-state index contributed by atoms with van der Waals surface area (Å²) in [5, 5.41) is 10.4. The monoisotopic (exact) mass is 328 g/mol. The van der Waals surface area contributed by atoms with E-state index in [1.165, 1.54) is 0 Å². The van der Waals surface area contributed by atoms with Gasteiger partial charge in [-0.05, 0) is 12.1 Å². The molecule has 2 amide bonds. The van der Waals surface area contributed by atoms with E-state index in [0.717, 1.165) is 5.69 Å². The Morgan fingerprint density at radius 2 is 1.96 bits per heavy atom. The minimum Gasteiger partial charge on any atom is -0.407 e. The van der Waals surface area contributed by atoms with Gasteiger partial charge in [0, 0.05) is 24.1 Å². The number of hydrogen-bond acceptors (Lipinski definition) is 5. The molecule has 1 aliphatic heterocycles. The third kappa shape index (κ3) is 3.29. The van der Waals surface area contributed by atoms with Crippen molar-refractivity contribution in [3.05, 3.63) is 36.2 Å². The summed E-state index contributed by atoms with van der Waals surface area (Å²) in [5.74, 6) is 0.00673. The van der Waals surface area contributed by atoms with Crippen molar-refractivity contribution < 1.29 is 14.0 Å². The normalized spacial score (nSPS) is 18.0. The lowest BCUT2D eigenvalue weighted by Crippen LogP contribution is -2.27. The zero-order valence-electron chi connectivity index (χ0n) is 13.9. The third-order valence-corrected chi connectivity index (χ3v) is 3.88. The van der Waals surface area contributed by atoms with Crippen LogP contribution in [0.15, 0.2) is 34.7 Å². The fraction of sp³-hybridized carbons (Fsp3) is 0.412. The van der Waals surface area contributed by atoms with Gasteiger partial charge in [0.2, 0.25) is 17.7 Å². The van der Waals surface area contributed by atoms with Crippen LogP contribution in [0.5, 0.6) is 0 Å². The number of nitrogens with one attached hydrogen (secondary N) is 1. The predicted molar refractivity (Wildman–Crippen MR) is 88.5 cm³/mol. The maximum atomic E-state index is 12.2. The van der Waals surface area contributed by atoms with Gasteiger partial charge in [-0.1, -0.05) is 44.1 Å². The number of hydrogen-bond donors (Lipinski definition) is 1. The number of aromatic nitrogens is 2. The van der Waals surface area contributed by atoms with Crippen LogP contribution in [-0.4, -0.2) is 28.6 Å². The Kier molecular flexibility index (Phi) is 4.09. The highest BCUT2D eigenvalue weighted by Gasteiger charge is 2.35. The smallest absolute Gasteiger partial charge is 0.322 e. The van der Waals surface area contributed by atoms with Gasteiger partial charge < -0.3 is 9.32 Å². The molecular weight excluding hydrogens is 308 g/mol. The average molecular weight is 328 g/mol. The molecule has 0 aliphatic carbocycles. The molecule has 0 radical (unpaired) electrons. The highest BCUT2D eigenvalue weighted by molar-refractivity contribution is 5.96. The zero-order valence-corrected chi connectivity index (χ0v) is 13.9. The highest BCUT2D eigenvalue weighted by atomic mass is 16.4. The Balaban J connectivity index is 1.70. The second-order valence-electron chi connectivity index (χ2n) is 6.89. The van der Waals surface area contributed by atoms with Crippen LogP contribution in [0, 0.1) is 5.41 Å². The lowest BCUT2D eigenvalue weighted by molar-refractivity contribution is -0.123. The first-order chi connectivity index (χ1) is 11.3. The molecule has 2 aromatic rings. The Morgan fingerprint density at radius 1 is 1.25 bits per heavy atom. The van der Waals surface area contributed by atoms with Crippen LogP contribution in [-0.2, 0) is 9.59 Å². The Labute approximate surface area is 140 Å². The summed E-state index contributed by atoms with van der Waals surface area (Å²) in [6.07, 6.45) is 0.309. The number of rotatable bonds is 3. The largest absolute Gasteiger partial charge is 0.407 e. The van der Waals surface area contributed by atoms with Crippen LogP contribution >= 0.6 is 0 Å². The van der Waals surface area contributed by atoms with E-state index in [1.807, 2.05) is 30.3 Å². The van der Waals surface area contributed by atoms with Crippen molar-refractivity contribution in [2.24, 2.45) is 5.41 Å². The molecule has 1 aromatic heterocycles. The van der Waals surface area contributed by atoms with Crippen molar-refractivity contribution >= 4 is 23.5 Å². The van der Waals surface area contributed by atoms with Crippen molar-refractivity contribution in [2.45, 2.75) is 33.1 Å². The van der Waals surface area contributed by atoms with E-state index in [9.17, 15) is 9.59 Å². The summed E-state index contributed by atoms with van der Waals surface area (Å²) in [6, 6.07) is 9.54. The van der Waals surface area contributed by atoms with Gasteiger partial charge in [0.05, 0.1) is 5.92 Å². The highest BCUT2D eigenvalue weighted by Crippen LogP contribution is 2.31. The summed E-state index contributed by atoms with van der Waals surface area (Å²) >= 11 is 0. The molecule has 1 fully saturated rings. The van der Waals surface area contributed by atoms with Crippen LogP contribution in [0.1, 0.15) is 39.0 Å². The van der Waals surface area contributed by atoms with E-state index in [0.29, 0.717) is 18.9 Å². The molecule has 0 saturated carbocycles. The number of carbonyl (C=O) groups excluding carboxylic acids is 2. The second kappa shape index (κ2) is 6.07. The molecular formula is C17H20N4O3. The lowest BCUT2D eigenvalue weighted by atomic mass is 9.96. The molecule has 24 heavy (non-hydrogen) atoms. The molecule has 0 spiro atoms. The van der Waals surface area contributed by atoms with Gasteiger partial charge in [-0.25, -0.2) is 0 Å².